The van der Waals surface area contributed by atoms with Crippen molar-refractivity contribution in [3.63, 3.8) is 0 Å². The van der Waals surface area contributed by atoms with Crippen molar-refractivity contribution >= 4 is 5.97 Å². The Kier molecular flexibility index (Phi) is 8.80. The molecule has 0 heterocycles. The summed E-state index contributed by atoms with van der Waals surface area (Å²) in [7, 11) is 1.68. The molecule has 0 bridgehead atoms. The quantitative estimate of drug-likeness (QED) is 0.324. The maximum atomic E-state index is 12.8. The summed E-state index contributed by atoms with van der Waals surface area (Å²) in [5, 5.41) is 19.6. The normalized spacial score (nSPS) is 19.2. The fourth-order valence-corrected chi connectivity index (χ4v) is 4.23. The standard InChI is InChI=1S/C29H36O5/c1-19(5-11-24-17-27(33-4)14-6-20(24)2)21(3)29(32)34-28-16-23(15-26(31)18-28)8-7-22-9-12-25(30)13-10-22/h6,9-10,12-21,24,30-31H,5,7-8,11H2,1-4H3. The van der Waals surface area contributed by atoms with Crippen LogP contribution in [0.4, 0.5) is 0 Å². The first-order valence-electron chi connectivity index (χ1n) is 12.0. The monoisotopic (exact) mass is 464 g/mol. The summed E-state index contributed by atoms with van der Waals surface area (Å²) in [6.45, 7) is 6.19. The lowest BCUT2D eigenvalue weighted by Gasteiger charge is -2.25. The number of ether oxygens (including phenoxy) is 2. The van der Waals surface area contributed by atoms with Gasteiger partial charge in [-0.05, 0) is 91.0 Å². The van der Waals surface area contributed by atoms with E-state index in [9.17, 15) is 15.0 Å². The second-order valence-corrected chi connectivity index (χ2v) is 9.42. The van der Waals surface area contributed by atoms with Crippen molar-refractivity contribution in [2.45, 2.75) is 46.5 Å². The fourth-order valence-electron chi connectivity index (χ4n) is 4.23. The number of hydrogen-bond donors (Lipinski definition) is 2. The third-order valence-corrected chi connectivity index (χ3v) is 6.84. The highest BCUT2D eigenvalue weighted by atomic mass is 16.5. The van der Waals surface area contributed by atoms with Crippen molar-refractivity contribution < 1.29 is 24.5 Å². The average molecular weight is 465 g/mol. The number of carbonyl (C=O) groups excluding carboxylic acids is 1. The van der Waals surface area contributed by atoms with E-state index in [4.69, 9.17) is 9.47 Å². The van der Waals surface area contributed by atoms with E-state index in [1.54, 1.807) is 25.3 Å². The molecule has 0 aliphatic heterocycles. The fraction of sp³-hybridized carbons (Fsp3) is 0.414. The smallest absolute Gasteiger partial charge is 0.314 e. The van der Waals surface area contributed by atoms with Crippen LogP contribution in [0, 0.1) is 23.7 Å². The van der Waals surface area contributed by atoms with Gasteiger partial charge in [-0.25, -0.2) is 0 Å². The Bertz CT molecular complexity index is 1020. The molecular weight excluding hydrogens is 428 g/mol. The predicted molar refractivity (Wildman–Crippen MR) is 134 cm³/mol. The van der Waals surface area contributed by atoms with Crippen LogP contribution in [0.25, 0.3) is 0 Å². The van der Waals surface area contributed by atoms with Crippen LogP contribution < -0.4 is 4.74 Å². The summed E-state index contributed by atoms with van der Waals surface area (Å²) < 4.78 is 11.0. The highest BCUT2D eigenvalue weighted by Crippen LogP contribution is 2.31. The van der Waals surface area contributed by atoms with E-state index in [1.165, 1.54) is 6.07 Å². The van der Waals surface area contributed by atoms with Crippen LogP contribution in [0.2, 0.25) is 0 Å². The van der Waals surface area contributed by atoms with Crippen molar-refractivity contribution in [1.82, 2.24) is 0 Å². The van der Waals surface area contributed by atoms with Gasteiger partial charge in [0.2, 0.25) is 0 Å². The number of aromatic hydroxyl groups is 2. The minimum absolute atomic E-state index is 0.0757. The third kappa shape index (κ3) is 7.14. The minimum Gasteiger partial charge on any atom is -0.508 e. The number of aryl methyl sites for hydroxylation is 2. The molecular formula is C29H36O5. The first-order chi connectivity index (χ1) is 16.2. The van der Waals surface area contributed by atoms with Crippen molar-refractivity contribution in [1.29, 1.82) is 0 Å². The number of benzene rings is 2. The Hall–Kier alpha value is -3.21. The lowest BCUT2D eigenvalue weighted by Crippen LogP contribution is -2.25. The molecule has 0 radical (unpaired) electrons. The van der Waals surface area contributed by atoms with E-state index in [2.05, 4.69) is 26.0 Å². The number of phenols is 2. The van der Waals surface area contributed by atoms with Gasteiger partial charge >= 0.3 is 5.97 Å². The average Bonchev–Trinajstić information content (AvgIpc) is 2.82. The number of esters is 1. The van der Waals surface area contributed by atoms with Crippen LogP contribution in [0.15, 0.2) is 66.5 Å². The summed E-state index contributed by atoms with van der Waals surface area (Å²) in [5.41, 5.74) is 1.97. The summed E-state index contributed by atoms with van der Waals surface area (Å²) >= 11 is 0. The number of rotatable bonds is 10. The molecule has 1 aliphatic carbocycles. The number of carbonyl (C=O) groups is 1. The summed E-state index contributed by atoms with van der Waals surface area (Å²) in [5.74, 6) is 2.03. The predicted octanol–water partition coefficient (Wildman–Crippen LogP) is 6.19. The van der Waals surface area contributed by atoms with E-state index in [-0.39, 0.29) is 29.3 Å². The van der Waals surface area contributed by atoms with Crippen molar-refractivity contribution in [2.24, 2.45) is 23.7 Å². The zero-order valence-corrected chi connectivity index (χ0v) is 20.5. The van der Waals surface area contributed by atoms with Crippen LogP contribution in [-0.2, 0) is 22.4 Å². The molecule has 0 saturated heterocycles. The zero-order chi connectivity index (χ0) is 24.7. The summed E-state index contributed by atoms with van der Waals surface area (Å²) in [6.07, 6.45) is 9.67. The Morgan fingerprint density at radius 2 is 1.71 bits per heavy atom. The molecule has 0 spiro atoms. The third-order valence-electron chi connectivity index (χ3n) is 6.84. The van der Waals surface area contributed by atoms with Gasteiger partial charge in [0.05, 0.1) is 13.0 Å². The molecule has 4 atom stereocenters. The van der Waals surface area contributed by atoms with E-state index >= 15 is 0 Å². The molecule has 2 aromatic rings. The lowest BCUT2D eigenvalue weighted by molar-refractivity contribution is -0.140. The molecule has 2 aromatic carbocycles. The van der Waals surface area contributed by atoms with Crippen molar-refractivity contribution in [3.8, 4) is 17.2 Å². The van der Waals surface area contributed by atoms with Crippen molar-refractivity contribution in [2.75, 3.05) is 7.11 Å². The van der Waals surface area contributed by atoms with E-state index in [1.807, 2.05) is 31.2 Å². The van der Waals surface area contributed by atoms with Crippen LogP contribution >= 0.6 is 0 Å². The molecule has 0 fully saturated rings. The van der Waals surface area contributed by atoms with Gasteiger partial charge in [-0.1, -0.05) is 39.0 Å². The van der Waals surface area contributed by atoms with Gasteiger partial charge in [0.15, 0.2) is 0 Å². The molecule has 5 nitrogen and oxygen atoms in total. The second kappa shape index (κ2) is 11.8. The van der Waals surface area contributed by atoms with Crippen molar-refractivity contribution in [3.05, 3.63) is 77.6 Å². The topological polar surface area (TPSA) is 76.0 Å². The van der Waals surface area contributed by atoms with E-state index in [0.717, 1.165) is 36.1 Å². The SMILES string of the molecule is COC1=CC(CCC(C)C(C)C(=O)Oc2cc(O)cc(CCc3ccc(O)cc3)c2)C(C)C=C1. The largest absolute Gasteiger partial charge is 0.508 e. The van der Waals surface area contributed by atoms with E-state index < -0.39 is 0 Å². The molecule has 0 amide bonds. The first kappa shape index (κ1) is 25.4. The van der Waals surface area contributed by atoms with Crippen LogP contribution in [0.3, 0.4) is 0 Å². The minimum atomic E-state index is -0.285. The molecule has 2 N–H and O–H groups in total. The molecule has 4 unspecified atom stereocenters. The molecule has 3 rings (SSSR count). The highest BCUT2D eigenvalue weighted by Gasteiger charge is 2.25. The Balaban J connectivity index is 1.54. The van der Waals surface area contributed by atoms with Crippen LogP contribution in [0.5, 0.6) is 17.2 Å². The van der Waals surface area contributed by atoms with E-state index in [0.29, 0.717) is 24.0 Å². The van der Waals surface area contributed by atoms with Gasteiger partial charge < -0.3 is 19.7 Å². The van der Waals surface area contributed by atoms with Crippen LogP contribution in [0.1, 0.15) is 44.7 Å². The van der Waals surface area contributed by atoms with Gasteiger partial charge in [0.1, 0.15) is 23.0 Å². The number of allylic oxidation sites excluding steroid dienone is 3. The molecule has 5 heteroatoms. The highest BCUT2D eigenvalue weighted by molar-refractivity contribution is 5.75. The number of phenolic OH excluding ortho intramolecular Hbond substituents is 2. The van der Waals surface area contributed by atoms with Gasteiger partial charge in [-0.15, -0.1) is 0 Å². The Morgan fingerprint density at radius 3 is 2.41 bits per heavy atom. The second-order valence-electron chi connectivity index (χ2n) is 9.42. The molecule has 0 aromatic heterocycles. The first-order valence-corrected chi connectivity index (χ1v) is 12.0. The van der Waals surface area contributed by atoms with Gasteiger partial charge in [0, 0.05) is 6.07 Å². The maximum absolute atomic E-state index is 12.8. The molecule has 182 valence electrons. The molecule has 0 saturated carbocycles. The Labute approximate surface area is 202 Å². The lowest BCUT2D eigenvalue weighted by atomic mass is 9.82. The Morgan fingerprint density at radius 1 is 1.00 bits per heavy atom. The number of methoxy groups -OCH3 is 1. The maximum Gasteiger partial charge on any atom is 0.314 e. The van der Waals surface area contributed by atoms with Gasteiger partial charge in [-0.2, -0.15) is 0 Å². The molecule has 34 heavy (non-hydrogen) atoms. The molecule has 1 aliphatic rings. The summed E-state index contributed by atoms with van der Waals surface area (Å²) in [6, 6.07) is 12.0. The zero-order valence-electron chi connectivity index (χ0n) is 20.5. The van der Waals surface area contributed by atoms with Gasteiger partial charge in [-0.3, -0.25) is 4.79 Å². The summed E-state index contributed by atoms with van der Waals surface area (Å²) in [4.78, 5) is 12.8. The number of hydrogen-bond acceptors (Lipinski definition) is 5. The van der Waals surface area contributed by atoms with Crippen LogP contribution in [-0.4, -0.2) is 23.3 Å². The van der Waals surface area contributed by atoms with Gasteiger partial charge in [0.25, 0.3) is 0 Å².